The van der Waals surface area contributed by atoms with Gasteiger partial charge in [0.2, 0.25) is 0 Å². The molecule has 0 unspecified atom stereocenters. The molecule has 1 rings (SSSR count). The molecule has 170 valence electrons. The second-order valence-electron chi connectivity index (χ2n) is 8.75. The Hall–Kier alpha value is -1.61. The summed E-state index contributed by atoms with van der Waals surface area (Å²) in [5.74, 6) is 1.52. The SMILES string of the molecule is CCCCCCCCCC[C@H](C)[C@@H](OCc1ccc(OC)cc1)[C@@H](C)/C=C(\C)C=O. The van der Waals surface area contributed by atoms with Gasteiger partial charge >= 0.3 is 0 Å². The average Bonchev–Trinajstić information content (AvgIpc) is 2.76. The summed E-state index contributed by atoms with van der Waals surface area (Å²) >= 11 is 0. The molecule has 0 radical (unpaired) electrons. The zero-order valence-corrected chi connectivity index (χ0v) is 20.0. The number of ether oxygens (including phenoxy) is 2. The van der Waals surface area contributed by atoms with Crippen molar-refractivity contribution in [1.82, 2.24) is 0 Å². The van der Waals surface area contributed by atoms with Gasteiger partial charge in [-0.3, -0.25) is 4.79 Å². The molecule has 0 saturated heterocycles. The van der Waals surface area contributed by atoms with Crippen molar-refractivity contribution >= 4 is 6.29 Å². The van der Waals surface area contributed by atoms with Crippen LogP contribution in [0, 0.1) is 11.8 Å². The van der Waals surface area contributed by atoms with E-state index in [0.29, 0.717) is 12.5 Å². The van der Waals surface area contributed by atoms with Crippen molar-refractivity contribution in [3.05, 3.63) is 41.5 Å². The smallest absolute Gasteiger partial charge is 0.145 e. The second kappa shape index (κ2) is 16.1. The van der Waals surface area contributed by atoms with Crippen LogP contribution in [0.5, 0.6) is 5.75 Å². The second-order valence-corrected chi connectivity index (χ2v) is 8.75. The lowest BCUT2D eigenvalue weighted by atomic mass is 9.88. The lowest BCUT2D eigenvalue weighted by molar-refractivity contribution is -0.104. The molecule has 0 aliphatic heterocycles. The number of carbonyl (C=O) groups excluding carboxylic acids is 1. The molecule has 0 N–H and O–H groups in total. The number of benzene rings is 1. The summed E-state index contributed by atoms with van der Waals surface area (Å²) in [5, 5.41) is 0. The van der Waals surface area contributed by atoms with Crippen LogP contribution in [0.15, 0.2) is 35.9 Å². The Morgan fingerprint density at radius 2 is 1.57 bits per heavy atom. The predicted octanol–water partition coefficient (Wildman–Crippen LogP) is 7.53. The first-order chi connectivity index (χ1) is 14.5. The van der Waals surface area contributed by atoms with Crippen LogP contribution in [0.3, 0.4) is 0 Å². The molecular formula is C27H44O3. The van der Waals surface area contributed by atoms with Crippen LogP contribution in [0.25, 0.3) is 0 Å². The molecule has 0 saturated carbocycles. The van der Waals surface area contributed by atoms with Crippen LogP contribution in [0.4, 0.5) is 0 Å². The van der Waals surface area contributed by atoms with E-state index in [9.17, 15) is 4.79 Å². The van der Waals surface area contributed by atoms with Crippen molar-refractivity contribution in [3.8, 4) is 5.75 Å². The zero-order chi connectivity index (χ0) is 22.2. The van der Waals surface area contributed by atoms with E-state index < -0.39 is 0 Å². The maximum Gasteiger partial charge on any atom is 0.145 e. The molecule has 0 aromatic heterocycles. The van der Waals surface area contributed by atoms with Gasteiger partial charge in [0.25, 0.3) is 0 Å². The third-order valence-corrected chi connectivity index (χ3v) is 5.91. The Balaban J connectivity index is 2.55. The fourth-order valence-corrected chi connectivity index (χ4v) is 4.06. The van der Waals surface area contributed by atoms with Gasteiger partial charge in [-0.25, -0.2) is 0 Å². The van der Waals surface area contributed by atoms with Crippen LogP contribution in [0.1, 0.15) is 91.0 Å². The van der Waals surface area contributed by atoms with Crippen molar-refractivity contribution < 1.29 is 14.3 Å². The van der Waals surface area contributed by atoms with E-state index in [0.717, 1.165) is 23.2 Å². The standard InChI is InChI=1S/C27H44O3/c1-6-7-8-9-10-11-12-13-14-23(3)27(24(4)19-22(2)20-28)30-21-25-15-17-26(29-5)18-16-25/h15-20,23-24,27H,6-14,21H2,1-5H3/b22-19+/t23-,24-,27+/m0/s1. The van der Waals surface area contributed by atoms with Crippen molar-refractivity contribution in [1.29, 1.82) is 0 Å². The Labute approximate surface area is 185 Å². The molecule has 30 heavy (non-hydrogen) atoms. The summed E-state index contributed by atoms with van der Waals surface area (Å²) in [6.07, 6.45) is 15.0. The number of hydrogen-bond donors (Lipinski definition) is 0. The first kappa shape index (κ1) is 26.4. The lowest BCUT2D eigenvalue weighted by Gasteiger charge is -2.29. The van der Waals surface area contributed by atoms with E-state index in [4.69, 9.17) is 9.47 Å². The molecule has 3 heteroatoms. The third-order valence-electron chi connectivity index (χ3n) is 5.91. The van der Waals surface area contributed by atoms with E-state index in [1.807, 2.05) is 19.1 Å². The van der Waals surface area contributed by atoms with Crippen molar-refractivity contribution in [2.45, 2.75) is 98.2 Å². The average molecular weight is 417 g/mol. The molecule has 0 heterocycles. The highest BCUT2D eigenvalue weighted by molar-refractivity contribution is 5.72. The molecule has 0 bridgehead atoms. The topological polar surface area (TPSA) is 35.5 Å². The quantitative estimate of drug-likeness (QED) is 0.150. The van der Waals surface area contributed by atoms with Gasteiger partial charge in [-0.1, -0.05) is 90.3 Å². The first-order valence-electron chi connectivity index (χ1n) is 11.9. The first-order valence-corrected chi connectivity index (χ1v) is 11.9. The van der Waals surface area contributed by atoms with Crippen molar-refractivity contribution in [3.63, 3.8) is 0 Å². The minimum absolute atomic E-state index is 0.103. The van der Waals surface area contributed by atoms with E-state index in [1.54, 1.807) is 7.11 Å². The Morgan fingerprint density at radius 1 is 0.967 bits per heavy atom. The van der Waals surface area contributed by atoms with Crippen LogP contribution >= 0.6 is 0 Å². The highest BCUT2D eigenvalue weighted by Gasteiger charge is 2.23. The summed E-state index contributed by atoms with van der Waals surface area (Å²) in [6, 6.07) is 8.04. The molecule has 1 aromatic rings. The third kappa shape index (κ3) is 11.0. The van der Waals surface area contributed by atoms with Gasteiger partial charge < -0.3 is 9.47 Å². The zero-order valence-electron chi connectivity index (χ0n) is 20.0. The maximum atomic E-state index is 11.1. The maximum absolute atomic E-state index is 11.1. The van der Waals surface area contributed by atoms with Gasteiger partial charge in [0.15, 0.2) is 0 Å². The minimum atomic E-state index is 0.103. The molecule has 0 aliphatic carbocycles. The molecule has 3 atom stereocenters. The fourth-order valence-electron chi connectivity index (χ4n) is 4.06. The molecule has 1 aromatic carbocycles. The largest absolute Gasteiger partial charge is 0.497 e. The minimum Gasteiger partial charge on any atom is -0.497 e. The molecular weight excluding hydrogens is 372 g/mol. The number of unbranched alkanes of at least 4 members (excludes halogenated alkanes) is 7. The van der Waals surface area contributed by atoms with E-state index in [1.165, 1.54) is 57.8 Å². The highest BCUT2D eigenvalue weighted by atomic mass is 16.5. The number of methoxy groups -OCH3 is 1. The van der Waals surface area contributed by atoms with Gasteiger partial charge in [0.1, 0.15) is 12.0 Å². The molecule has 0 spiro atoms. The summed E-state index contributed by atoms with van der Waals surface area (Å²) in [6.45, 7) is 9.17. The Morgan fingerprint density at radius 3 is 2.13 bits per heavy atom. The number of allylic oxidation sites excluding steroid dienone is 1. The molecule has 0 fully saturated rings. The molecule has 0 aliphatic rings. The molecule has 0 amide bonds. The highest BCUT2D eigenvalue weighted by Crippen LogP contribution is 2.26. The Bertz CT molecular complexity index is 591. The number of aldehydes is 1. The lowest BCUT2D eigenvalue weighted by Crippen LogP contribution is -2.28. The monoisotopic (exact) mass is 416 g/mol. The summed E-state index contributed by atoms with van der Waals surface area (Å²) in [5.41, 5.74) is 1.92. The number of carbonyl (C=O) groups is 1. The normalized spacial score (nSPS) is 14.9. The van der Waals surface area contributed by atoms with Gasteiger partial charge in [-0.2, -0.15) is 0 Å². The van der Waals surface area contributed by atoms with Crippen molar-refractivity contribution in [2.24, 2.45) is 11.8 Å². The van der Waals surface area contributed by atoms with Crippen LogP contribution in [0.2, 0.25) is 0 Å². The van der Waals surface area contributed by atoms with Crippen LogP contribution in [-0.4, -0.2) is 19.5 Å². The summed E-state index contributed by atoms with van der Waals surface area (Å²) < 4.78 is 11.6. The van der Waals surface area contributed by atoms with E-state index in [-0.39, 0.29) is 12.0 Å². The van der Waals surface area contributed by atoms with Crippen LogP contribution < -0.4 is 4.74 Å². The van der Waals surface area contributed by atoms with Crippen molar-refractivity contribution in [2.75, 3.05) is 7.11 Å². The van der Waals surface area contributed by atoms with Gasteiger partial charge in [-0.05, 0) is 42.5 Å². The van der Waals surface area contributed by atoms with Gasteiger partial charge in [-0.15, -0.1) is 0 Å². The van der Waals surface area contributed by atoms with E-state index in [2.05, 4.69) is 39.0 Å². The van der Waals surface area contributed by atoms with Gasteiger partial charge in [0, 0.05) is 5.92 Å². The number of rotatable bonds is 17. The fraction of sp³-hybridized carbons (Fsp3) is 0.667. The van der Waals surface area contributed by atoms with Crippen LogP contribution in [-0.2, 0) is 16.1 Å². The summed E-state index contributed by atoms with van der Waals surface area (Å²) in [4.78, 5) is 11.1. The molecule has 3 nitrogen and oxygen atoms in total. The predicted molar refractivity (Wildman–Crippen MR) is 127 cm³/mol. The Kier molecular flexibility index (Phi) is 14.2. The summed E-state index contributed by atoms with van der Waals surface area (Å²) in [7, 11) is 1.68. The van der Waals surface area contributed by atoms with Gasteiger partial charge in [0.05, 0.1) is 19.8 Å². The number of hydrogen-bond acceptors (Lipinski definition) is 3. The van der Waals surface area contributed by atoms with E-state index >= 15 is 0 Å².